The quantitative estimate of drug-likeness (QED) is 0.391. The zero-order valence-electron chi connectivity index (χ0n) is 22.2. The summed E-state index contributed by atoms with van der Waals surface area (Å²) in [4.78, 5) is 27.5. The van der Waals surface area contributed by atoms with Crippen molar-refractivity contribution in [3.63, 3.8) is 0 Å². The Labute approximate surface area is 223 Å². The first-order valence-corrected chi connectivity index (χ1v) is 14.4. The molecule has 11 heteroatoms. The van der Waals surface area contributed by atoms with Crippen molar-refractivity contribution in [3.8, 4) is 0 Å². The molecule has 2 rings (SSSR count). The number of hydrogen-bond acceptors (Lipinski definition) is 4. The van der Waals surface area contributed by atoms with Crippen LogP contribution in [0.5, 0.6) is 0 Å². The number of halogens is 3. The lowest BCUT2D eigenvalue weighted by Gasteiger charge is -2.30. The van der Waals surface area contributed by atoms with E-state index in [1.54, 1.807) is 6.92 Å². The summed E-state index contributed by atoms with van der Waals surface area (Å²) in [6.07, 6.45) is -2.49. The number of nitrogens with zero attached hydrogens (tertiary/aromatic N) is 2. The minimum absolute atomic E-state index is 0.0592. The van der Waals surface area contributed by atoms with Gasteiger partial charge in [0.1, 0.15) is 6.04 Å². The van der Waals surface area contributed by atoms with E-state index in [1.165, 1.54) is 11.0 Å². The molecule has 0 spiro atoms. The molecule has 0 aliphatic rings. The van der Waals surface area contributed by atoms with Gasteiger partial charge in [-0.2, -0.15) is 13.2 Å². The van der Waals surface area contributed by atoms with Gasteiger partial charge in [0.05, 0.1) is 17.5 Å². The van der Waals surface area contributed by atoms with E-state index in [0.717, 1.165) is 40.7 Å². The number of alkyl halides is 3. The summed E-state index contributed by atoms with van der Waals surface area (Å²) in [6.45, 7) is 5.54. The van der Waals surface area contributed by atoms with E-state index in [-0.39, 0.29) is 49.5 Å². The van der Waals surface area contributed by atoms with Crippen LogP contribution >= 0.6 is 0 Å². The Kier molecular flexibility index (Phi) is 11.2. The molecule has 0 heterocycles. The predicted molar refractivity (Wildman–Crippen MR) is 142 cm³/mol. The maximum atomic E-state index is 13.2. The van der Waals surface area contributed by atoms with Gasteiger partial charge in [0.15, 0.2) is 0 Å². The highest BCUT2D eigenvalue weighted by Gasteiger charge is 2.32. The Morgan fingerprint density at radius 1 is 1.00 bits per heavy atom. The lowest BCUT2D eigenvalue weighted by Crippen LogP contribution is -2.50. The van der Waals surface area contributed by atoms with E-state index >= 15 is 0 Å². The van der Waals surface area contributed by atoms with E-state index in [0.29, 0.717) is 6.42 Å². The number of nitrogens with one attached hydrogen (secondary N) is 1. The lowest BCUT2D eigenvalue weighted by atomic mass is 10.1. The molecule has 0 fully saturated rings. The van der Waals surface area contributed by atoms with Crippen LogP contribution in [0.4, 0.5) is 18.9 Å². The summed E-state index contributed by atoms with van der Waals surface area (Å²) in [5, 5.41) is 2.88. The lowest BCUT2D eigenvalue weighted by molar-refractivity contribution is -0.140. The zero-order chi connectivity index (χ0) is 28.5. The monoisotopic (exact) mass is 555 g/mol. The van der Waals surface area contributed by atoms with Gasteiger partial charge in [-0.1, -0.05) is 43.3 Å². The number of carbonyl (C=O) groups is 2. The molecule has 2 atom stereocenters. The second kappa shape index (κ2) is 13.6. The van der Waals surface area contributed by atoms with Crippen LogP contribution in [0.15, 0.2) is 54.6 Å². The van der Waals surface area contributed by atoms with Gasteiger partial charge >= 0.3 is 6.18 Å². The van der Waals surface area contributed by atoms with Crippen LogP contribution < -0.4 is 9.62 Å². The molecular formula is C27H36F3N3O4S. The Morgan fingerprint density at radius 2 is 1.66 bits per heavy atom. The van der Waals surface area contributed by atoms with Gasteiger partial charge in [-0.05, 0) is 56.9 Å². The summed E-state index contributed by atoms with van der Waals surface area (Å²) in [6, 6.07) is 12.7. The maximum Gasteiger partial charge on any atom is 0.416 e. The summed E-state index contributed by atoms with van der Waals surface area (Å²) in [5.41, 5.74) is -0.0994. The van der Waals surface area contributed by atoms with Crippen molar-refractivity contribution in [1.29, 1.82) is 0 Å². The highest BCUT2D eigenvalue weighted by molar-refractivity contribution is 7.92. The third-order valence-corrected chi connectivity index (χ3v) is 7.46. The average molecular weight is 556 g/mol. The highest BCUT2D eigenvalue weighted by atomic mass is 32.2. The SMILES string of the molecule is CC[C@@H](C)NC(=O)[C@H](C)N(CCc1ccccc1)C(=O)CCCN(c1cccc(C(F)(F)F)c1)S(C)(=O)=O. The molecule has 0 saturated heterocycles. The Hall–Kier alpha value is -3.08. The van der Waals surface area contributed by atoms with E-state index < -0.39 is 27.8 Å². The van der Waals surface area contributed by atoms with Crippen LogP contribution in [0.2, 0.25) is 0 Å². The zero-order valence-corrected chi connectivity index (χ0v) is 23.0. The number of hydrogen-bond donors (Lipinski definition) is 1. The summed E-state index contributed by atoms with van der Waals surface area (Å²) in [7, 11) is -3.91. The van der Waals surface area contributed by atoms with E-state index in [1.807, 2.05) is 44.2 Å². The highest BCUT2D eigenvalue weighted by Crippen LogP contribution is 2.32. The van der Waals surface area contributed by atoms with E-state index in [4.69, 9.17) is 0 Å². The first kappa shape index (κ1) is 31.1. The van der Waals surface area contributed by atoms with Crippen LogP contribution in [0, 0.1) is 0 Å². The molecule has 1 N–H and O–H groups in total. The molecular weight excluding hydrogens is 519 g/mol. The fourth-order valence-electron chi connectivity index (χ4n) is 3.88. The second-order valence-corrected chi connectivity index (χ2v) is 11.2. The largest absolute Gasteiger partial charge is 0.416 e. The molecule has 7 nitrogen and oxygen atoms in total. The van der Waals surface area contributed by atoms with Crippen LogP contribution in [0.3, 0.4) is 0 Å². The molecule has 0 unspecified atom stereocenters. The molecule has 2 amide bonds. The molecule has 2 aromatic carbocycles. The Bertz CT molecular complexity index is 1170. The van der Waals surface area contributed by atoms with Crippen molar-refractivity contribution in [1.82, 2.24) is 10.2 Å². The number of rotatable bonds is 13. The van der Waals surface area contributed by atoms with E-state index in [9.17, 15) is 31.2 Å². The molecule has 0 aromatic heterocycles. The first-order valence-electron chi connectivity index (χ1n) is 12.5. The minimum Gasteiger partial charge on any atom is -0.352 e. The number of anilines is 1. The second-order valence-electron chi connectivity index (χ2n) is 9.30. The van der Waals surface area contributed by atoms with Gasteiger partial charge < -0.3 is 10.2 Å². The minimum atomic E-state index is -4.62. The van der Waals surface area contributed by atoms with Crippen LogP contribution in [-0.4, -0.2) is 56.6 Å². The predicted octanol–water partition coefficient (Wildman–Crippen LogP) is 4.63. The molecule has 0 bridgehead atoms. The molecule has 0 radical (unpaired) electrons. The van der Waals surface area contributed by atoms with Gasteiger partial charge in [-0.15, -0.1) is 0 Å². The van der Waals surface area contributed by atoms with Crippen molar-refractivity contribution in [2.24, 2.45) is 0 Å². The molecule has 0 aliphatic heterocycles. The van der Waals surface area contributed by atoms with Gasteiger partial charge in [0, 0.05) is 25.6 Å². The molecule has 0 aliphatic carbocycles. The summed E-state index contributed by atoms with van der Waals surface area (Å²) < 4.78 is 65.1. The fraction of sp³-hybridized carbons (Fsp3) is 0.481. The van der Waals surface area contributed by atoms with Crippen molar-refractivity contribution in [2.45, 2.75) is 64.7 Å². The average Bonchev–Trinajstić information content (AvgIpc) is 2.85. The standard InChI is InChI=1S/C27H36F3N3O4S/c1-5-20(2)31-26(35)21(3)32(18-16-22-11-7-6-8-12-22)25(34)15-10-17-33(38(4,36)37)24-14-9-13-23(19-24)27(28,29)30/h6-9,11-14,19-21H,5,10,15-18H2,1-4H3,(H,31,35)/t20-,21+/m1/s1. The molecule has 38 heavy (non-hydrogen) atoms. The normalized spacial score (nSPS) is 13.4. The van der Waals surface area contributed by atoms with Crippen molar-refractivity contribution >= 4 is 27.5 Å². The number of sulfonamides is 1. The number of carbonyl (C=O) groups excluding carboxylic acids is 2. The van der Waals surface area contributed by atoms with Gasteiger partial charge in [-0.25, -0.2) is 8.42 Å². The van der Waals surface area contributed by atoms with Gasteiger partial charge in [-0.3, -0.25) is 13.9 Å². The number of benzene rings is 2. The Morgan fingerprint density at radius 3 is 2.24 bits per heavy atom. The van der Waals surface area contributed by atoms with Crippen LogP contribution in [0.1, 0.15) is 51.2 Å². The summed E-state index contributed by atoms with van der Waals surface area (Å²) in [5.74, 6) is -0.632. The topological polar surface area (TPSA) is 86.8 Å². The van der Waals surface area contributed by atoms with Crippen molar-refractivity contribution in [3.05, 3.63) is 65.7 Å². The van der Waals surface area contributed by atoms with Crippen molar-refractivity contribution < 1.29 is 31.2 Å². The Balaban J connectivity index is 2.16. The van der Waals surface area contributed by atoms with Gasteiger partial charge in [0.25, 0.3) is 0 Å². The van der Waals surface area contributed by atoms with Crippen LogP contribution in [0.25, 0.3) is 0 Å². The maximum absolute atomic E-state index is 13.2. The van der Waals surface area contributed by atoms with Gasteiger partial charge in [0.2, 0.25) is 21.8 Å². The molecule has 0 saturated carbocycles. The van der Waals surface area contributed by atoms with Crippen molar-refractivity contribution in [2.75, 3.05) is 23.7 Å². The summed E-state index contributed by atoms with van der Waals surface area (Å²) >= 11 is 0. The van der Waals surface area contributed by atoms with E-state index in [2.05, 4.69) is 5.32 Å². The fourth-order valence-corrected chi connectivity index (χ4v) is 4.83. The number of amides is 2. The molecule has 2 aromatic rings. The molecule has 210 valence electrons. The first-order chi connectivity index (χ1) is 17.7. The van der Waals surface area contributed by atoms with Crippen LogP contribution in [-0.2, 0) is 32.2 Å². The smallest absolute Gasteiger partial charge is 0.352 e. The third kappa shape index (κ3) is 9.34. The third-order valence-electron chi connectivity index (χ3n) is 6.27.